The summed E-state index contributed by atoms with van der Waals surface area (Å²) in [6, 6.07) is 7.92. The van der Waals surface area contributed by atoms with Crippen LogP contribution in [0.5, 0.6) is 0 Å². The monoisotopic (exact) mass is 324 g/mol. The molecule has 0 saturated carbocycles. The lowest BCUT2D eigenvalue weighted by Crippen LogP contribution is -2.22. The van der Waals surface area contributed by atoms with Crippen LogP contribution in [-0.2, 0) is 19.4 Å². The van der Waals surface area contributed by atoms with Gasteiger partial charge in [-0.1, -0.05) is 31.1 Å². The lowest BCUT2D eigenvalue weighted by atomic mass is 9.76. The Morgan fingerprint density at radius 3 is 3.00 bits per heavy atom. The van der Waals surface area contributed by atoms with Crippen LogP contribution in [0, 0.1) is 5.41 Å². The summed E-state index contributed by atoms with van der Waals surface area (Å²) in [4.78, 5) is 0. The summed E-state index contributed by atoms with van der Waals surface area (Å²) in [7, 11) is 0. The zero-order chi connectivity index (χ0) is 16.6. The predicted molar refractivity (Wildman–Crippen MR) is 88.8 cm³/mol. The van der Waals surface area contributed by atoms with Crippen LogP contribution in [0.4, 0.5) is 5.69 Å². The van der Waals surface area contributed by atoms with Crippen LogP contribution in [0.2, 0.25) is 0 Å². The zero-order valence-electron chi connectivity index (χ0n) is 13.9. The van der Waals surface area contributed by atoms with Crippen molar-refractivity contribution < 1.29 is 4.52 Å². The maximum Gasteiger partial charge on any atom is 0.143 e. The Balaban J connectivity index is 1.56. The van der Waals surface area contributed by atoms with Crippen LogP contribution in [0.15, 0.2) is 35.1 Å². The van der Waals surface area contributed by atoms with E-state index in [0.29, 0.717) is 12.0 Å². The van der Waals surface area contributed by atoms with E-state index in [1.165, 1.54) is 5.56 Å². The first-order chi connectivity index (χ1) is 11.6. The third-order valence-electron chi connectivity index (χ3n) is 4.58. The van der Waals surface area contributed by atoms with Gasteiger partial charge >= 0.3 is 0 Å². The van der Waals surface area contributed by atoms with Crippen LogP contribution >= 0.6 is 0 Å². The summed E-state index contributed by atoms with van der Waals surface area (Å²) in [6.07, 6.45) is 4.71. The fraction of sp³-hybridized carbons (Fsp3) is 0.412. The lowest BCUT2D eigenvalue weighted by molar-refractivity contribution is 0.282. The summed E-state index contributed by atoms with van der Waals surface area (Å²) >= 11 is 0. The molecule has 4 rings (SSSR count). The number of nitrogens with one attached hydrogen (secondary N) is 1. The number of fused-ring (bicyclic) bond motifs is 1. The third-order valence-corrected chi connectivity index (χ3v) is 4.58. The molecule has 1 N–H and O–H groups in total. The molecule has 3 aromatic rings. The van der Waals surface area contributed by atoms with Gasteiger partial charge in [0, 0.05) is 12.0 Å². The van der Waals surface area contributed by atoms with E-state index >= 15 is 0 Å². The molecule has 0 bridgehead atoms. The van der Waals surface area contributed by atoms with E-state index in [1.807, 2.05) is 24.3 Å². The van der Waals surface area contributed by atoms with Crippen LogP contribution in [-0.4, -0.2) is 25.4 Å². The van der Waals surface area contributed by atoms with Gasteiger partial charge in [0.05, 0.1) is 17.9 Å². The maximum atomic E-state index is 5.54. The lowest BCUT2D eigenvalue weighted by Gasteiger charge is -2.28. The van der Waals surface area contributed by atoms with Gasteiger partial charge in [0.2, 0.25) is 0 Å². The predicted octanol–water partition coefficient (Wildman–Crippen LogP) is 2.78. The van der Waals surface area contributed by atoms with E-state index in [2.05, 4.69) is 39.8 Å². The molecule has 0 spiro atoms. The molecular weight excluding hydrogens is 304 g/mol. The molecule has 24 heavy (non-hydrogen) atoms. The largest absolute Gasteiger partial charge is 0.377 e. The number of tetrazole rings is 1. The maximum absolute atomic E-state index is 5.54. The molecule has 2 aromatic heterocycles. The van der Waals surface area contributed by atoms with Crippen molar-refractivity contribution >= 4 is 5.69 Å². The molecule has 1 aliphatic rings. The molecule has 7 heteroatoms. The van der Waals surface area contributed by atoms with E-state index in [9.17, 15) is 0 Å². The van der Waals surface area contributed by atoms with E-state index in [4.69, 9.17) is 4.52 Å². The molecule has 0 radical (unpaired) electrons. The molecule has 1 aliphatic carbocycles. The number of benzene rings is 1. The number of rotatable bonds is 4. The van der Waals surface area contributed by atoms with Crippen molar-refractivity contribution in [1.29, 1.82) is 0 Å². The van der Waals surface area contributed by atoms with Gasteiger partial charge in [-0.25, -0.2) is 0 Å². The second-order valence-electron chi connectivity index (χ2n) is 7.00. The first-order valence-corrected chi connectivity index (χ1v) is 8.15. The summed E-state index contributed by atoms with van der Waals surface area (Å²) < 4.78 is 7.19. The number of hydrogen-bond donors (Lipinski definition) is 1. The molecule has 2 heterocycles. The summed E-state index contributed by atoms with van der Waals surface area (Å²) in [5.41, 5.74) is 4.41. The Morgan fingerprint density at radius 2 is 2.17 bits per heavy atom. The van der Waals surface area contributed by atoms with Gasteiger partial charge in [-0.2, -0.15) is 4.68 Å². The molecule has 124 valence electrons. The Bertz CT molecular complexity index is 837. The Kier molecular flexibility index (Phi) is 3.55. The number of anilines is 1. The summed E-state index contributed by atoms with van der Waals surface area (Å²) in [5.74, 6) is 1.04. The second kappa shape index (κ2) is 5.74. The molecule has 0 amide bonds. The Hall–Kier alpha value is -2.70. The van der Waals surface area contributed by atoms with Crippen LogP contribution < -0.4 is 5.32 Å². The van der Waals surface area contributed by atoms with E-state index in [-0.39, 0.29) is 0 Å². The van der Waals surface area contributed by atoms with Crippen LogP contribution in [0.25, 0.3) is 5.69 Å². The fourth-order valence-electron chi connectivity index (χ4n) is 3.21. The molecule has 0 fully saturated rings. The highest BCUT2D eigenvalue weighted by Crippen LogP contribution is 2.36. The third kappa shape index (κ3) is 2.77. The summed E-state index contributed by atoms with van der Waals surface area (Å²) in [5, 5.41) is 19.1. The topological polar surface area (TPSA) is 81.7 Å². The van der Waals surface area contributed by atoms with Crippen molar-refractivity contribution in [1.82, 2.24) is 25.4 Å². The van der Waals surface area contributed by atoms with Crippen molar-refractivity contribution in [3.8, 4) is 5.69 Å². The van der Waals surface area contributed by atoms with Gasteiger partial charge in [0.1, 0.15) is 17.8 Å². The van der Waals surface area contributed by atoms with Crippen molar-refractivity contribution in [3.05, 3.63) is 47.6 Å². The highest BCUT2D eigenvalue weighted by atomic mass is 16.5. The standard InChI is InChI=1S/C17H20N6O/c1-17(2)8-7-16-12(9-17)14(20-24-16)10-18-13-5-3-4-6-15(13)23-11-19-21-22-23/h3-6,11,18H,7-10H2,1-2H3. The number of aromatic nitrogens is 5. The smallest absolute Gasteiger partial charge is 0.143 e. The summed E-state index contributed by atoms with van der Waals surface area (Å²) in [6.45, 7) is 5.22. The zero-order valence-corrected chi connectivity index (χ0v) is 13.9. The second-order valence-corrected chi connectivity index (χ2v) is 7.00. The molecule has 0 atom stereocenters. The van der Waals surface area contributed by atoms with E-state index < -0.39 is 0 Å². The minimum Gasteiger partial charge on any atom is -0.377 e. The molecule has 1 aromatic carbocycles. The van der Waals surface area contributed by atoms with Crippen LogP contribution in [0.1, 0.15) is 37.3 Å². The first kappa shape index (κ1) is 14.9. The average Bonchev–Trinajstić information content (AvgIpc) is 3.22. The minimum absolute atomic E-state index is 0.303. The highest BCUT2D eigenvalue weighted by molar-refractivity contribution is 5.60. The molecular formula is C17H20N6O. The van der Waals surface area contributed by atoms with Gasteiger partial charge in [-0.05, 0) is 40.8 Å². The van der Waals surface area contributed by atoms with Gasteiger partial charge in [0.15, 0.2) is 0 Å². The molecule has 0 unspecified atom stereocenters. The highest BCUT2D eigenvalue weighted by Gasteiger charge is 2.30. The van der Waals surface area contributed by atoms with Gasteiger partial charge in [-0.3, -0.25) is 0 Å². The first-order valence-electron chi connectivity index (χ1n) is 8.15. The van der Waals surface area contributed by atoms with Crippen molar-refractivity contribution in [3.63, 3.8) is 0 Å². The van der Waals surface area contributed by atoms with Crippen molar-refractivity contribution in [2.75, 3.05) is 5.32 Å². The fourth-order valence-corrected chi connectivity index (χ4v) is 3.21. The molecule has 0 aliphatic heterocycles. The Morgan fingerprint density at radius 1 is 1.29 bits per heavy atom. The van der Waals surface area contributed by atoms with Crippen molar-refractivity contribution in [2.45, 2.75) is 39.7 Å². The SMILES string of the molecule is CC1(C)CCc2onc(CNc3ccccc3-n3cnnn3)c2C1. The van der Waals surface area contributed by atoms with Gasteiger partial charge < -0.3 is 9.84 Å². The quantitative estimate of drug-likeness (QED) is 0.794. The minimum atomic E-state index is 0.303. The normalized spacial score (nSPS) is 15.9. The number of para-hydroxylation sites is 2. The van der Waals surface area contributed by atoms with E-state index in [1.54, 1.807) is 11.0 Å². The molecule has 0 saturated heterocycles. The number of nitrogens with zero attached hydrogens (tertiary/aromatic N) is 5. The van der Waals surface area contributed by atoms with Gasteiger partial charge in [0.25, 0.3) is 0 Å². The van der Waals surface area contributed by atoms with E-state index in [0.717, 1.165) is 42.1 Å². The van der Waals surface area contributed by atoms with Gasteiger partial charge in [-0.15, -0.1) is 5.10 Å². The van der Waals surface area contributed by atoms with Crippen LogP contribution in [0.3, 0.4) is 0 Å². The van der Waals surface area contributed by atoms with Crippen molar-refractivity contribution in [2.24, 2.45) is 5.41 Å². The average molecular weight is 324 g/mol. The number of aryl methyl sites for hydroxylation is 1. The molecule has 7 nitrogen and oxygen atoms in total. The number of hydrogen-bond acceptors (Lipinski definition) is 6. The Labute approximate surface area is 140 Å².